The molecule has 8 heteroatoms. The summed E-state index contributed by atoms with van der Waals surface area (Å²) < 4.78 is 11.7. The molecule has 1 aromatic heterocycles. The number of carbonyl (C=O) groups excluding carboxylic acids is 1. The number of rotatable bonds is 10. The van der Waals surface area contributed by atoms with E-state index in [0.717, 1.165) is 22.2 Å². The Labute approximate surface area is 191 Å². The summed E-state index contributed by atoms with van der Waals surface area (Å²) in [6.45, 7) is 0.123. The third kappa shape index (κ3) is 6.67. The van der Waals surface area contributed by atoms with Crippen LogP contribution in [0.2, 0.25) is 5.02 Å². The molecule has 1 amide bonds. The summed E-state index contributed by atoms with van der Waals surface area (Å²) in [5.41, 5.74) is 2.29. The van der Waals surface area contributed by atoms with Crippen LogP contribution in [0.25, 0.3) is 10.9 Å². The van der Waals surface area contributed by atoms with E-state index in [1.807, 2.05) is 36.4 Å². The molecule has 3 rings (SSSR count). The minimum absolute atomic E-state index is 0.0739. The van der Waals surface area contributed by atoms with Crippen molar-refractivity contribution in [1.82, 2.24) is 9.88 Å². The quantitative estimate of drug-likeness (QED) is 0.484. The molecule has 168 valence electrons. The van der Waals surface area contributed by atoms with E-state index < -0.39 is 12.1 Å². The summed E-state index contributed by atoms with van der Waals surface area (Å²) in [5.74, 6) is -0.522. The van der Waals surface area contributed by atoms with E-state index in [1.165, 1.54) is 4.90 Å². The molecule has 3 aromatic rings. The standard InChI is InChI=1S/C24H25ClN2O5/c1-27(2)23(28)15-32-22(10-11-24(29)30)17-4-3-5-20(12-17)31-14-19-9-7-16-6-8-18(25)13-21(16)26-19/h3-9,12-13,22H,10-11,14-15H2,1-2H3,(H,29,30). The largest absolute Gasteiger partial charge is 0.487 e. The maximum absolute atomic E-state index is 11.9. The van der Waals surface area contributed by atoms with Crippen LogP contribution in [0.5, 0.6) is 5.75 Å². The lowest BCUT2D eigenvalue weighted by Gasteiger charge is -2.19. The zero-order chi connectivity index (χ0) is 23.1. The molecule has 0 saturated carbocycles. The smallest absolute Gasteiger partial charge is 0.303 e. The van der Waals surface area contributed by atoms with E-state index in [1.54, 1.807) is 32.3 Å². The van der Waals surface area contributed by atoms with Crippen molar-refractivity contribution in [2.75, 3.05) is 20.7 Å². The first-order valence-corrected chi connectivity index (χ1v) is 10.5. The summed E-state index contributed by atoms with van der Waals surface area (Å²) in [5, 5.41) is 10.7. The molecule has 0 aliphatic carbocycles. The molecule has 0 bridgehead atoms. The molecule has 0 spiro atoms. The zero-order valence-electron chi connectivity index (χ0n) is 18.0. The van der Waals surface area contributed by atoms with Crippen molar-refractivity contribution in [3.8, 4) is 5.75 Å². The number of amides is 1. The van der Waals surface area contributed by atoms with Gasteiger partial charge in [-0.15, -0.1) is 0 Å². The van der Waals surface area contributed by atoms with Gasteiger partial charge in [-0.2, -0.15) is 0 Å². The van der Waals surface area contributed by atoms with E-state index in [0.29, 0.717) is 10.8 Å². The normalized spacial score (nSPS) is 11.8. The molecule has 1 unspecified atom stereocenters. The van der Waals surface area contributed by atoms with Crippen molar-refractivity contribution < 1.29 is 24.2 Å². The molecule has 1 N–H and O–H groups in total. The summed E-state index contributed by atoms with van der Waals surface area (Å²) in [6, 6.07) is 16.6. The number of nitrogens with zero attached hydrogens (tertiary/aromatic N) is 2. The Bertz CT molecular complexity index is 1100. The lowest BCUT2D eigenvalue weighted by molar-refractivity contribution is -0.138. The highest BCUT2D eigenvalue weighted by Crippen LogP contribution is 2.27. The maximum Gasteiger partial charge on any atom is 0.303 e. The molecule has 1 atom stereocenters. The van der Waals surface area contributed by atoms with Gasteiger partial charge in [0, 0.05) is 30.9 Å². The van der Waals surface area contributed by atoms with Gasteiger partial charge in [0.05, 0.1) is 17.3 Å². The van der Waals surface area contributed by atoms with Crippen LogP contribution in [0, 0.1) is 0 Å². The number of ether oxygens (including phenoxy) is 2. The zero-order valence-corrected chi connectivity index (χ0v) is 18.7. The number of likely N-dealkylation sites (N-methyl/N-ethyl adjacent to an activating group) is 1. The van der Waals surface area contributed by atoms with Crippen molar-refractivity contribution in [2.45, 2.75) is 25.6 Å². The number of carbonyl (C=O) groups is 2. The fourth-order valence-corrected chi connectivity index (χ4v) is 3.24. The fourth-order valence-electron chi connectivity index (χ4n) is 3.08. The highest BCUT2D eigenvalue weighted by Gasteiger charge is 2.17. The van der Waals surface area contributed by atoms with Crippen LogP contribution in [0.3, 0.4) is 0 Å². The molecule has 0 radical (unpaired) electrons. The number of halogens is 1. The van der Waals surface area contributed by atoms with E-state index in [4.69, 9.17) is 26.2 Å². The number of fused-ring (bicyclic) bond motifs is 1. The first-order chi connectivity index (χ1) is 15.3. The second kappa shape index (κ2) is 10.9. The second-order valence-electron chi connectivity index (χ2n) is 7.52. The average molecular weight is 457 g/mol. The number of hydrogen-bond acceptors (Lipinski definition) is 5. The summed E-state index contributed by atoms with van der Waals surface area (Å²) >= 11 is 6.06. The molecular formula is C24H25ClN2O5. The monoisotopic (exact) mass is 456 g/mol. The van der Waals surface area contributed by atoms with Crippen LogP contribution in [0.4, 0.5) is 0 Å². The van der Waals surface area contributed by atoms with Crippen molar-refractivity contribution in [3.05, 3.63) is 70.9 Å². The molecular weight excluding hydrogens is 432 g/mol. The molecule has 1 heterocycles. The van der Waals surface area contributed by atoms with Crippen LogP contribution in [-0.2, 0) is 20.9 Å². The SMILES string of the molecule is CN(C)C(=O)COC(CCC(=O)O)c1cccc(OCc2ccc3ccc(Cl)cc3n2)c1. The van der Waals surface area contributed by atoms with Gasteiger partial charge in [0.2, 0.25) is 5.91 Å². The van der Waals surface area contributed by atoms with Gasteiger partial charge < -0.3 is 19.5 Å². The van der Waals surface area contributed by atoms with Crippen LogP contribution in [0.1, 0.15) is 30.2 Å². The predicted molar refractivity (Wildman–Crippen MR) is 122 cm³/mol. The summed E-state index contributed by atoms with van der Waals surface area (Å²) in [7, 11) is 3.28. The Morgan fingerprint density at radius 1 is 1.12 bits per heavy atom. The number of aliphatic carboxylic acids is 1. The summed E-state index contributed by atoms with van der Waals surface area (Å²) in [6.07, 6.45) is -0.374. The maximum atomic E-state index is 11.9. The topological polar surface area (TPSA) is 89.0 Å². The Balaban J connectivity index is 1.71. The van der Waals surface area contributed by atoms with Crippen molar-refractivity contribution >= 4 is 34.4 Å². The van der Waals surface area contributed by atoms with Gasteiger partial charge in [0.25, 0.3) is 0 Å². The van der Waals surface area contributed by atoms with Gasteiger partial charge in [0.15, 0.2) is 0 Å². The Morgan fingerprint density at radius 2 is 1.91 bits per heavy atom. The highest BCUT2D eigenvalue weighted by molar-refractivity contribution is 6.31. The predicted octanol–water partition coefficient (Wildman–Crippen LogP) is 4.48. The van der Waals surface area contributed by atoms with Gasteiger partial charge in [-0.1, -0.05) is 35.9 Å². The van der Waals surface area contributed by atoms with E-state index in [2.05, 4.69) is 4.98 Å². The van der Waals surface area contributed by atoms with Crippen LogP contribution < -0.4 is 4.74 Å². The van der Waals surface area contributed by atoms with Crippen LogP contribution in [0.15, 0.2) is 54.6 Å². The molecule has 32 heavy (non-hydrogen) atoms. The molecule has 7 nitrogen and oxygen atoms in total. The van der Waals surface area contributed by atoms with Gasteiger partial charge >= 0.3 is 5.97 Å². The van der Waals surface area contributed by atoms with E-state index in [9.17, 15) is 9.59 Å². The van der Waals surface area contributed by atoms with Gasteiger partial charge in [-0.25, -0.2) is 4.98 Å². The van der Waals surface area contributed by atoms with Crippen LogP contribution in [-0.4, -0.2) is 47.6 Å². The number of carboxylic acid groups (broad SMARTS) is 1. The highest BCUT2D eigenvalue weighted by atomic mass is 35.5. The minimum atomic E-state index is -0.924. The van der Waals surface area contributed by atoms with E-state index in [-0.39, 0.29) is 32.0 Å². The molecule has 0 aliphatic rings. The molecule has 0 fully saturated rings. The lowest BCUT2D eigenvalue weighted by atomic mass is 10.0. The minimum Gasteiger partial charge on any atom is -0.487 e. The average Bonchev–Trinajstić information content (AvgIpc) is 2.77. The third-order valence-corrected chi connectivity index (χ3v) is 5.09. The number of carboxylic acids is 1. The van der Waals surface area contributed by atoms with Crippen molar-refractivity contribution in [2.24, 2.45) is 0 Å². The van der Waals surface area contributed by atoms with E-state index >= 15 is 0 Å². The number of benzene rings is 2. The Kier molecular flexibility index (Phi) is 8.03. The number of pyridine rings is 1. The number of aromatic nitrogens is 1. The molecule has 2 aromatic carbocycles. The van der Waals surface area contributed by atoms with Crippen molar-refractivity contribution in [3.63, 3.8) is 0 Å². The van der Waals surface area contributed by atoms with Gasteiger partial charge in [-0.05, 0) is 42.3 Å². The molecule has 0 saturated heterocycles. The third-order valence-electron chi connectivity index (χ3n) is 4.86. The fraction of sp³-hybridized carbons (Fsp3) is 0.292. The van der Waals surface area contributed by atoms with Gasteiger partial charge in [0.1, 0.15) is 19.0 Å². The first kappa shape index (κ1) is 23.5. The molecule has 0 aliphatic heterocycles. The van der Waals surface area contributed by atoms with Crippen LogP contribution >= 0.6 is 11.6 Å². The Morgan fingerprint density at radius 3 is 2.66 bits per heavy atom. The summed E-state index contributed by atoms with van der Waals surface area (Å²) in [4.78, 5) is 29.0. The first-order valence-electron chi connectivity index (χ1n) is 10.1. The van der Waals surface area contributed by atoms with Gasteiger partial charge in [-0.3, -0.25) is 9.59 Å². The lowest BCUT2D eigenvalue weighted by Crippen LogP contribution is -2.27. The number of hydrogen-bond donors (Lipinski definition) is 1. The van der Waals surface area contributed by atoms with Crippen molar-refractivity contribution in [1.29, 1.82) is 0 Å². The second-order valence-corrected chi connectivity index (χ2v) is 7.96. The Hall–Kier alpha value is -3.16.